The van der Waals surface area contributed by atoms with E-state index in [1.165, 1.54) is 0 Å². The van der Waals surface area contributed by atoms with Gasteiger partial charge in [0.15, 0.2) is 0 Å². The number of carbonyl (C=O) groups is 1. The number of methoxy groups -OCH3 is 1. The number of fused-ring (bicyclic) bond motifs is 1. The summed E-state index contributed by atoms with van der Waals surface area (Å²) in [5, 5.41) is 2.95. The minimum Gasteiger partial charge on any atom is -0.496 e. The molecular weight excluding hydrogens is 342 g/mol. The third kappa shape index (κ3) is 3.57. The van der Waals surface area contributed by atoms with Crippen LogP contribution in [0.2, 0.25) is 0 Å². The minimum atomic E-state index is -0.171. The number of ether oxygens (including phenoxy) is 2. The van der Waals surface area contributed by atoms with Crippen LogP contribution in [-0.2, 0) is 17.9 Å². The van der Waals surface area contributed by atoms with Gasteiger partial charge in [0.05, 0.1) is 37.2 Å². The summed E-state index contributed by atoms with van der Waals surface area (Å²) in [6, 6.07) is 17.3. The number of benzene rings is 2. The molecule has 6 heteroatoms. The van der Waals surface area contributed by atoms with Crippen molar-refractivity contribution in [2.75, 3.05) is 13.7 Å². The lowest BCUT2D eigenvalue weighted by Gasteiger charge is -2.26. The van der Waals surface area contributed by atoms with Gasteiger partial charge in [0.2, 0.25) is 0 Å². The predicted octanol–water partition coefficient (Wildman–Crippen LogP) is 2.89. The Morgan fingerprint density at radius 1 is 1.22 bits per heavy atom. The highest BCUT2D eigenvalue weighted by atomic mass is 16.5. The van der Waals surface area contributed by atoms with E-state index >= 15 is 0 Å². The lowest BCUT2D eigenvalue weighted by Crippen LogP contribution is -2.39. The van der Waals surface area contributed by atoms with Crippen molar-refractivity contribution in [1.29, 1.82) is 0 Å². The van der Waals surface area contributed by atoms with Gasteiger partial charge in [-0.3, -0.25) is 4.79 Å². The van der Waals surface area contributed by atoms with Crippen molar-refractivity contribution >= 4 is 5.91 Å². The first-order valence-corrected chi connectivity index (χ1v) is 8.89. The Bertz CT molecular complexity index is 937. The number of nitrogens with one attached hydrogen (secondary N) is 1. The Morgan fingerprint density at radius 2 is 2.00 bits per heavy atom. The van der Waals surface area contributed by atoms with Crippen LogP contribution in [0.5, 0.6) is 5.75 Å². The van der Waals surface area contributed by atoms with Gasteiger partial charge in [-0.15, -0.1) is 0 Å². The van der Waals surface area contributed by atoms with Crippen molar-refractivity contribution in [3.63, 3.8) is 0 Å². The van der Waals surface area contributed by atoms with Crippen LogP contribution < -0.4 is 10.1 Å². The minimum absolute atomic E-state index is 0.118. The average molecular weight is 363 g/mol. The third-order valence-corrected chi connectivity index (χ3v) is 4.68. The molecule has 1 amide bonds. The SMILES string of the molecule is COc1ccccc1C(=O)NCC1Cn2c(-c3ccccc3)cnc2CO1. The van der Waals surface area contributed by atoms with Gasteiger partial charge in [-0.25, -0.2) is 4.98 Å². The first-order chi connectivity index (χ1) is 13.3. The lowest BCUT2D eigenvalue weighted by atomic mass is 10.1. The number of hydrogen-bond acceptors (Lipinski definition) is 4. The monoisotopic (exact) mass is 363 g/mol. The van der Waals surface area contributed by atoms with Crippen LogP contribution in [-0.4, -0.2) is 35.2 Å². The smallest absolute Gasteiger partial charge is 0.255 e. The van der Waals surface area contributed by atoms with Crippen molar-refractivity contribution in [2.24, 2.45) is 0 Å². The third-order valence-electron chi connectivity index (χ3n) is 4.68. The van der Waals surface area contributed by atoms with E-state index in [0.717, 1.165) is 17.1 Å². The van der Waals surface area contributed by atoms with Crippen LogP contribution in [0, 0.1) is 0 Å². The Labute approximate surface area is 157 Å². The van der Waals surface area contributed by atoms with Gasteiger partial charge < -0.3 is 19.4 Å². The molecule has 1 N–H and O–H groups in total. The van der Waals surface area contributed by atoms with Gasteiger partial charge in [0, 0.05) is 6.54 Å². The Kier molecular flexibility index (Phi) is 4.89. The number of hydrogen-bond donors (Lipinski definition) is 1. The van der Waals surface area contributed by atoms with Crippen LogP contribution in [0.25, 0.3) is 11.3 Å². The fourth-order valence-electron chi connectivity index (χ4n) is 3.28. The molecule has 4 rings (SSSR count). The number of aromatic nitrogens is 2. The second kappa shape index (κ2) is 7.63. The molecule has 6 nitrogen and oxygen atoms in total. The van der Waals surface area contributed by atoms with E-state index in [-0.39, 0.29) is 12.0 Å². The molecule has 1 unspecified atom stereocenters. The van der Waals surface area contributed by atoms with Crippen LogP contribution in [0.3, 0.4) is 0 Å². The summed E-state index contributed by atoms with van der Waals surface area (Å²) in [6.07, 6.45) is 1.76. The van der Waals surface area contributed by atoms with Gasteiger partial charge in [-0.05, 0) is 17.7 Å². The average Bonchev–Trinajstić information content (AvgIpc) is 3.16. The highest BCUT2D eigenvalue weighted by molar-refractivity contribution is 5.96. The molecule has 1 atom stereocenters. The summed E-state index contributed by atoms with van der Waals surface area (Å²) in [6.45, 7) is 1.50. The van der Waals surface area contributed by atoms with Crippen molar-refractivity contribution in [2.45, 2.75) is 19.3 Å². The Morgan fingerprint density at radius 3 is 2.81 bits per heavy atom. The summed E-state index contributed by atoms with van der Waals surface area (Å²) in [5.41, 5.74) is 2.70. The molecule has 3 aromatic rings. The predicted molar refractivity (Wildman–Crippen MR) is 102 cm³/mol. The number of amides is 1. The van der Waals surface area contributed by atoms with Crippen molar-refractivity contribution in [3.8, 4) is 17.0 Å². The van der Waals surface area contributed by atoms with Gasteiger partial charge in [0.1, 0.15) is 18.2 Å². The Hall–Kier alpha value is -3.12. The molecule has 1 aliphatic rings. The van der Waals surface area contributed by atoms with Crippen LogP contribution in [0.15, 0.2) is 60.8 Å². The molecule has 0 bridgehead atoms. The van der Waals surface area contributed by atoms with Gasteiger partial charge in [-0.1, -0.05) is 42.5 Å². The normalized spacial score (nSPS) is 15.8. The largest absolute Gasteiger partial charge is 0.496 e. The van der Waals surface area contributed by atoms with Crippen LogP contribution >= 0.6 is 0 Å². The number of rotatable bonds is 5. The quantitative estimate of drug-likeness (QED) is 0.757. The number of carbonyl (C=O) groups excluding carboxylic acids is 1. The van der Waals surface area contributed by atoms with Crippen molar-refractivity contribution < 1.29 is 14.3 Å². The van der Waals surface area contributed by atoms with E-state index in [9.17, 15) is 4.79 Å². The first-order valence-electron chi connectivity index (χ1n) is 8.89. The molecule has 0 saturated heterocycles. The fraction of sp³-hybridized carbons (Fsp3) is 0.238. The zero-order valence-electron chi connectivity index (χ0n) is 15.1. The standard InChI is InChI=1S/C21H21N3O3/c1-26-19-10-6-5-9-17(19)21(25)23-11-16-13-24-18(12-22-20(24)14-27-16)15-7-3-2-4-8-15/h2-10,12,16H,11,13-14H2,1H3,(H,23,25). The molecule has 0 saturated carbocycles. The number of para-hydroxylation sites is 1. The molecule has 27 heavy (non-hydrogen) atoms. The Balaban J connectivity index is 1.44. The van der Waals surface area contributed by atoms with E-state index in [4.69, 9.17) is 9.47 Å². The summed E-state index contributed by atoms with van der Waals surface area (Å²) in [5.74, 6) is 1.29. The molecule has 2 heterocycles. The second-order valence-corrected chi connectivity index (χ2v) is 6.38. The molecule has 0 radical (unpaired) electrons. The summed E-state index contributed by atoms with van der Waals surface area (Å²) in [7, 11) is 1.56. The van der Waals surface area contributed by atoms with Crippen molar-refractivity contribution in [3.05, 3.63) is 72.2 Å². The lowest BCUT2D eigenvalue weighted by molar-refractivity contribution is 0.00373. The first kappa shape index (κ1) is 17.3. The maximum Gasteiger partial charge on any atom is 0.255 e. The van der Waals surface area contributed by atoms with E-state index in [0.29, 0.717) is 31.0 Å². The van der Waals surface area contributed by atoms with E-state index < -0.39 is 0 Å². The molecule has 0 spiro atoms. The van der Waals surface area contributed by atoms with Crippen LogP contribution in [0.1, 0.15) is 16.2 Å². The van der Waals surface area contributed by atoms with Gasteiger partial charge in [-0.2, -0.15) is 0 Å². The molecule has 1 aliphatic heterocycles. The van der Waals surface area contributed by atoms with Crippen LogP contribution in [0.4, 0.5) is 0 Å². The molecule has 0 aliphatic carbocycles. The topological polar surface area (TPSA) is 65.4 Å². The second-order valence-electron chi connectivity index (χ2n) is 6.38. The molecule has 0 fully saturated rings. The van der Waals surface area contributed by atoms with E-state index in [1.807, 2.05) is 36.5 Å². The number of imidazole rings is 1. The maximum absolute atomic E-state index is 12.5. The summed E-state index contributed by atoms with van der Waals surface area (Å²) in [4.78, 5) is 17.0. The molecule has 138 valence electrons. The highest BCUT2D eigenvalue weighted by Crippen LogP contribution is 2.24. The van der Waals surface area contributed by atoms with Gasteiger partial charge >= 0.3 is 0 Å². The van der Waals surface area contributed by atoms with Gasteiger partial charge in [0.25, 0.3) is 5.91 Å². The highest BCUT2D eigenvalue weighted by Gasteiger charge is 2.23. The summed E-state index contributed by atoms with van der Waals surface area (Å²) < 4.78 is 13.3. The summed E-state index contributed by atoms with van der Waals surface area (Å²) >= 11 is 0. The molecule has 2 aromatic carbocycles. The zero-order valence-corrected chi connectivity index (χ0v) is 15.1. The number of nitrogens with zero attached hydrogens (tertiary/aromatic N) is 2. The van der Waals surface area contributed by atoms with E-state index in [2.05, 4.69) is 27.0 Å². The van der Waals surface area contributed by atoms with E-state index in [1.54, 1.807) is 19.2 Å². The molecular formula is C21H21N3O3. The fourth-order valence-corrected chi connectivity index (χ4v) is 3.28. The maximum atomic E-state index is 12.5. The van der Waals surface area contributed by atoms with Crippen molar-refractivity contribution in [1.82, 2.24) is 14.9 Å². The zero-order chi connectivity index (χ0) is 18.6. The molecule has 1 aromatic heterocycles.